The van der Waals surface area contributed by atoms with Crippen molar-refractivity contribution in [3.05, 3.63) is 100 Å². The highest BCUT2D eigenvalue weighted by Gasteiger charge is 2.36. The van der Waals surface area contributed by atoms with Gasteiger partial charge in [0, 0.05) is 18.0 Å². The molecule has 1 fully saturated rings. The molecule has 11 heteroatoms. The molecule has 2 unspecified atom stereocenters. The summed E-state index contributed by atoms with van der Waals surface area (Å²) in [4.78, 5) is 0.269. The van der Waals surface area contributed by atoms with E-state index in [0.717, 1.165) is 11.1 Å². The van der Waals surface area contributed by atoms with E-state index >= 15 is 0 Å². The summed E-state index contributed by atoms with van der Waals surface area (Å²) in [7, 11) is -12.2. The topological polar surface area (TPSA) is 113 Å². The quantitative estimate of drug-likeness (QED) is 0.311. The van der Waals surface area contributed by atoms with E-state index in [-0.39, 0.29) is 38.8 Å². The van der Waals surface area contributed by atoms with Crippen LogP contribution in [0.3, 0.4) is 0 Å². The summed E-state index contributed by atoms with van der Waals surface area (Å²) in [6.45, 7) is 7.16. The molecule has 0 N–H and O–H groups in total. The van der Waals surface area contributed by atoms with Crippen LogP contribution in [0, 0.1) is 13.8 Å². The largest absolute Gasteiger partial charge is 0.372 e. The Balaban J connectivity index is 1.89. The van der Waals surface area contributed by atoms with Gasteiger partial charge in [-0.25, -0.2) is 12.6 Å². The maximum absolute atomic E-state index is 14.9. The minimum atomic E-state index is -4.38. The maximum Gasteiger partial charge on any atom is 0.290 e. The van der Waals surface area contributed by atoms with E-state index in [1.54, 1.807) is 68.4 Å². The van der Waals surface area contributed by atoms with Gasteiger partial charge in [-0.2, -0.15) is 12.7 Å². The van der Waals surface area contributed by atoms with E-state index in [2.05, 4.69) is 3.77 Å². The standard InChI is InChI=1S/C28H32N2O6S3/c1-21(2)28(19-30(18-24-20-36-24)39(34,35)27-16-12-23(4)13-17-27)37(31,25-8-6-5-7-9-25)29-38(32,33)26-14-10-22(3)11-15-26/h5-17,24H,18-20H2,1-4H3. The van der Waals surface area contributed by atoms with E-state index in [1.165, 1.54) is 28.6 Å². The molecule has 3 aromatic carbocycles. The van der Waals surface area contributed by atoms with E-state index in [1.807, 2.05) is 13.8 Å². The summed E-state index contributed by atoms with van der Waals surface area (Å²) in [5.74, 6) is 0. The highest BCUT2D eigenvalue weighted by atomic mass is 32.3. The van der Waals surface area contributed by atoms with Crippen molar-refractivity contribution in [1.29, 1.82) is 0 Å². The van der Waals surface area contributed by atoms with Gasteiger partial charge in [0.2, 0.25) is 10.0 Å². The summed E-state index contributed by atoms with van der Waals surface area (Å²) in [6.07, 6.45) is -0.301. The van der Waals surface area contributed by atoms with E-state index in [9.17, 15) is 21.0 Å². The van der Waals surface area contributed by atoms with Crippen molar-refractivity contribution in [3.63, 3.8) is 0 Å². The van der Waals surface area contributed by atoms with Crippen LogP contribution in [0.4, 0.5) is 0 Å². The molecule has 3 aromatic rings. The molecule has 1 aliphatic heterocycles. The molecule has 1 aliphatic rings. The van der Waals surface area contributed by atoms with E-state index in [4.69, 9.17) is 4.74 Å². The number of rotatable bonds is 10. The summed E-state index contributed by atoms with van der Waals surface area (Å²) in [5, 5.41) is 0. The minimum absolute atomic E-state index is 0.0298. The van der Waals surface area contributed by atoms with Crippen molar-refractivity contribution >= 4 is 29.8 Å². The number of aryl methyl sites for hydroxylation is 2. The van der Waals surface area contributed by atoms with Gasteiger partial charge in [-0.3, -0.25) is 0 Å². The second-order valence-corrected chi connectivity index (χ2v) is 15.7. The third-order valence-corrected chi connectivity index (χ3v) is 12.7. The van der Waals surface area contributed by atoms with Crippen molar-refractivity contribution in [2.75, 3.05) is 19.7 Å². The van der Waals surface area contributed by atoms with Crippen LogP contribution in [0.5, 0.6) is 0 Å². The van der Waals surface area contributed by atoms with Gasteiger partial charge in [-0.15, -0.1) is 0 Å². The fourth-order valence-electron chi connectivity index (χ4n) is 3.92. The Morgan fingerprint density at radius 2 is 1.31 bits per heavy atom. The maximum atomic E-state index is 14.9. The van der Waals surface area contributed by atoms with Crippen LogP contribution < -0.4 is 0 Å². The van der Waals surface area contributed by atoms with Gasteiger partial charge >= 0.3 is 0 Å². The van der Waals surface area contributed by atoms with E-state index in [0.29, 0.717) is 12.2 Å². The lowest BCUT2D eigenvalue weighted by Gasteiger charge is -2.25. The SMILES string of the molecule is CC(C)=C(CN(CC1CO1)S(=O)(=O)c1ccc(C)cc1)S(=O)(=NS(=O)(=O)c1ccc(C)cc1)c1ccccc1. The molecule has 1 heterocycles. The molecule has 0 radical (unpaired) electrons. The van der Waals surface area contributed by atoms with Crippen molar-refractivity contribution in [3.8, 4) is 0 Å². The lowest BCUT2D eigenvalue weighted by atomic mass is 10.2. The molecular weight excluding hydrogens is 557 g/mol. The van der Waals surface area contributed by atoms with Crippen LogP contribution in [-0.4, -0.2) is 51.2 Å². The zero-order valence-electron chi connectivity index (χ0n) is 22.3. The Bertz CT molecular complexity index is 1700. The Morgan fingerprint density at radius 3 is 1.79 bits per heavy atom. The Morgan fingerprint density at radius 1 is 0.795 bits per heavy atom. The average molecular weight is 589 g/mol. The number of hydrogen-bond acceptors (Lipinski definition) is 6. The number of nitrogens with zero attached hydrogens (tertiary/aromatic N) is 2. The molecule has 0 aromatic heterocycles. The molecule has 0 saturated carbocycles. The van der Waals surface area contributed by atoms with Crippen molar-refractivity contribution in [2.45, 2.75) is 48.5 Å². The third kappa shape index (κ3) is 6.67. The van der Waals surface area contributed by atoms with E-state index < -0.39 is 29.8 Å². The molecule has 0 spiro atoms. The smallest absolute Gasteiger partial charge is 0.290 e. The number of epoxide rings is 1. The molecule has 0 amide bonds. The van der Waals surface area contributed by atoms with Crippen molar-refractivity contribution in [2.24, 2.45) is 3.77 Å². The third-order valence-electron chi connectivity index (χ3n) is 6.26. The van der Waals surface area contributed by atoms with Crippen LogP contribution in [0.2, 0.25) is 0 Å². The van der Waals surface area contributed by atoms with Gasteiger partial charge in [0.25, 0.3) is 10.0 Å². The first-order valence-electron chi connectivity index (χ1n) is 12.3. The normalized spacial score (nSPS) is 16.9. The summed E-state index contributed by atoms with van der Waals surface area (Å²) < 4.78 is 79.9. The highest BCUT2D eigenvalue weighted by Crippen LogP contribution is 2.31. The van der Waals surface area contributed by atoms with Crippen LogP contribution in [0.15, 0.2) is 108 Å². The second kappa shape index (κ2) is 11.3. The number of benzene rings is 3. The zero-order valence-corrected chi connectivity index (χ0v) is 24.7. The summed E-state index contributed by atoms with van der Waals surface area (Å²) in [6, 6.07) is 20.7. The van der Waals surface area contributed by atoms with Crippen LogP contribution in [0.1, 0.15) is 25.0 Å². The molecule has 208 valence electrons. The van der Waals surface area contributed by atoms with Gasteiger partial charge in [0.1, 0.15) is 9.73 Å². The van der Waals surface area contributed by atoms with Crippen LogP contribution >= 0.6 is 0 Å². The number of hydrogen-bond donors (Lipinski definition) is 0. The monoisotopic (exact) mass is 588 g/mol. The number of sulfonamides is 2. The molecule has 1 saturated heterocycles. The molecule has 4 rings (SSSR count). The molecule has 39 heavy (non-hydrogen) atoms. The first kappa shape index (κ1) is 29.2. The van der Waals surface area contributed by atoms with Gasteiger partial charge in [-0.1, -0.05) is 62.9 Å². The van der Waals surface area contributed by atoms with Gasteiger partial charge < -0.3 is 4.74 Å². The highest BCUT2D eigenvalue weighted by molar-refractivity contribution is 8.05. The summed E-state index contributed by atoms with van der Waals surface area (Å²) in [5.41, 5.74) is 2.28. The van der Waals surface area contributed by atoms with Gasteiger partial charge in [-0.05, 0) is 64.1 Å². The summed E-state index contributed by atoms with van der Waals surface area (Å²) >= 11 is 0. The number of ether oxygens (including phenoxy) is 1. The first-order valence-corrected chi connectivity index (χ1v) is 16.7. The molecule has 2 atom stereocenters. The van der Waals surface area contributed by atoms with Crippen molar-refractivity contribution in [1.82, 2.24) is 4.31 Å². The molecule has 0 bridgehead atoms. The molecule has 0 aliphatic carbocycles. The minimum Gasteiger partial charge on any atom is -0.372 e. The lowest BCUT2D eigenvalue weighted by Crippen LogP contribution is -2.37. The van der Waals surface area contributed by atoms with Gasteiger partial charge in [0.05, 0.1) is 27.4 Å². The Labute approximate surface area is 231 Å². The lowest BCUT2D eigenvalue weighted by molar-refractivity contribution is 0.347. The fourth-order valence-corrected chi connectivity index (χ4v) is 9.77. The molecular formula is C28H32N2O6S3. The second-order valence-electron chi connectivity index (χ2n) is 9.69. The number of allylic oxidation sites excluding steroid dienone is 1. The van der Waals surface area contributed by atoms with Crippen molar-refractivity contribution < 1.29 is 25.8 Å². The van der Waals surface area contributed by atoms with Crippen LogP contribution in [-0.2, 0) is 34.5 Å². The molecule has 8 nitrogen and oxygen atoms in total. The van der Waals surface area contributed by atoms with Gasteiger partial charge in [0.15, 0.2) is 0 Å². The average Bonchev–Trinajstić information content (AvgIpc) is 3.71. The predicted octanol–water partition coefficient (Wildman–Crippen LogP) is 4.90. The fraction of sp³-hybridized carbons (Fsp3) is 0.286. The predicted molar refractivity (Wildman–Crippen MR) is 152 cm³/mol. The zero-order chi connectivity index (χ0) is 28.4. The van der Waals surface area contributed by atoms with Crippen LogP contribution in [0.25, 0.3) is 0 Å². The Kier molecular flexibility index (Phi) is 8.48. The first-order chi connectivity index (χ1) is 18.3. The Hall–Kier alpha value is -2.83.